The van der Waals surface area contributed by atoms with E-state index in [1.54, 1.807) is 6.07 Å². The SMILES string of the molecule is CC(C)c1ccc(CNC(=O)c2cccc(S(=O)(=O)Nc3ccc(F)cc3)c2)cc1. The van der Waals surface area contributed by atoms with Crippen LogP contribution in [0.25, 0.3) is 0 Å². The van der Waals surface area contributed by atoms with Crippen molar-refractivity contribution in [1.29, 1.82) is 0 Å². The molecule has 0 bridgehead atoms. The van der Waals surface area contributed by atoms with Gasteiger partial charge in [0.15, 0.2) is 0 Å². The number of carbonyl (C=O) groups is 1. The summed E-state index contributed by atoms with van der Waals surface area (Å²) in [6.45, 7) is 4.56. The van der Waals surface area contributed by atoms with Crippen molar-refractivity contribution in [3.63, 3.8) is 0 Å². The van der Waals surface area contributed by atoms with Gasteiger partial charge in [0.25, 0.3) is 15.9 Å². The van der Waals surface area contributed by atoms with Gasteiger partial charge in [0.2, 0.25) is 0 Å². The maximum atomic E-state index is 13.0. The molecule has 0 aliphatic rings. The van der Waals surface area contributed by atoms with Crippen molar-refractivity contribution < 1.29 is 17.6 Å². The van der Waals surface area contributed by atoms with Crippen LogP contribution >= 0.6 is 0 Å². The number of anilines is 1. The highest BCUT2D eigenvalue weighted by molar-refractivity contribution is 7.92. The summed E-state index contributed by atoms with van der Waals surface area (Å²) in [5, 5.41) is 2.80. The van der Waals surface area contributed by atoms with Crippen LogP contribution in [0.1, 0.15) is 41.3 Å². The molecule has 0 spiro atoms. The van der Waals surface area contributed by atoms with Gasteiger partial charge in [0.05, 0.1) is 4.90 Å². The summed E-state index contributed by atoms with van der Waals surface area (Å²) in [5.41, 5.74) is 2.64. The molecule has 156 valence electrons. The first kappa shape index (κ1) is 21.5. The molecule has 0 aliphatic heterocycles. The van der Waals surface area contributed by atoms with Crippen molar-refractivity contribution in [2.45, 2.75) is 31.2 Å². The standard InChI is InChI=1S/C23H23FN2O3S/c1-16(2)18-8-6-17(7-9-18)15-25-23(27)19-4-3-5-22(14-19)30(28,29)26-21-12-10-20(24)11-13-21/h3-14,16,26H,15H2,1-2H3,(H,25,27). The summed E-state index contributed by atoms with van der Waals surface area (Å²) in [5.74, 6) is -0.404. The van der Waals surface area contributed by atoms with E-state index in [0.717, 1.165) is 17.7 Å². The number of rotatable bonds is 7. The fourth-order valence-electron chi connectivity index (χ4n) is 2.84. The lowest BCUT2D eigenvalue weighted by Crippen LogP contribution is -2.23. The van der Waals surface area contributed by atoms with E-state index in [-0.39, 0.29) is 22.1 Å². The van der Waals surface area contributed by atoms with Gasteiger partial charge in [-0.2, -0.15) is 0 Å². The zero-order valence-corrected chi connectivity index (χ0v) is 17.5. The van der Waals surface area contributed by atoms with Gasteiger partial charge in [-0.05, 0) is 59.5 Å². The molecular formula is C23H23FN2O3S. The van der Waals surface area contributed by atoms with E-state index in [0.29, 0.717) is 12.5 Å². The number of sulfonamides is 1. The van der Waals surface area contributed by atoms with E-state index < -0.39 is 15.8 Å². The van der Waals surface area contributed by atoms with E-state index in [4.69, 9.17) is 0 Å². The van der Waals surface area contributed by atoms with Gasteiger partial charge in [-0.25, -0.2) is 12.8 Å². The molecule has 0 saturated heterocycles. The fraction of sp³-hybridized carbons (Fsp3) is 0.174. The number of halogens is 1. The van der Waals surface area contributed by atoms with Gasteiger partial charge in [0.1, 0.15) is 5.82 Å². The van der Waals surface area contributed by atoms with Gasteiger partial charge in [-0.1, -0.05) is 44.2 Å². The first-order chi connectivity index (χ1) is 14.2. The zero-order valence-electron chi connectivity index (χ0n) is 16.7. The summed E-state index contributed by atoms with van der Waals surface area (Å²) < 4.78 is 40.6. The Hall–Kier alpha value is -3.19. The molecule has 0 aromatic heterocycles. The van der Waals surface area contributed by atoms with Gasteiger partial charge < -0.3 is 5.32 Å². The Labute approximate surface area is 176 Å². The molecule has 3 aromatic rings. The number of hydrogen-bond acceptors (Lipinski definition) is 3. The van der Waals surface area contributed by atoms with Crippen LogP contribution in [0.2, 0.25) is 0 Å². The third-order valence-electron chi connectivity index (χ3n) is 4.60. The Morgan fingerprint density at radius 2 is 1.63 bits per heavy atom. The van der Waals surface area contributed by atoms with Crippen molar-refractivity contribution in [1.82, 2.24) is 5.32 Å². The number of carbonyl (C=O) groups excluding carboxylic acids is 1. The Morgan fingerprint density at radius 3 is 2.27 bits per heavy atom. The van der Waals surface area contributed by atoms with Crippen LogP contribution in [0, 0.1) is 5.82 Å². The van der Waals surface area contributed by atoms with Crippen LogP contribution in [0.3, 0.4) is 0 Å². The van der Waals surface area contributed by atoms with Crippen molar-refractivity contribution >= 4 is 21.6 Å². The van der Waals surface area contributed by atoms with Gasteiger partial charge in [-0.15, -0.1) is 0 Å². The largest absolute Gasteiger partial charge is 0.348 e. The lowest BCUT2D eigenvalue weighted by atomic mass is 10.0. The second-order valence-electron chi connectivity index (χ2n) is 7.22. The number of hydrogen-bond donors (Lipinski definition) is 2. The smallest absolute Gasteiger partial charge is 0.261 e. The minimum atomic E-state index is -3.91. The molecule has 0 heterocycles. The number of benzene rings is 3. The lowest BCUT2D eigenvalue weighted by Gasteiger charge is -2.10. The predicted molar refractivity (Wildman–Crippen MR) is 115 cm³/mol. The monoisotopic (exact) mass is 426 g/mol. The predicted octanol–water partition coefficient (Wildman–Crippen LogP) is 4.68. The minimum Gasteiger partial charge on any atom is -0.348 e. The molecule has 2 N–H and O–H groups in total. The molecular weight excluding hydrogens is 403 g/mol. The van der Waals surface area contributed by atoms with Crippen LogP contribution in [0.5, 0.6) is 0 Å². The van der Waals surface area contributed by atoms with E-state index in [2.05, 4.69) is 23.9 Å². The molecule has 0 saturated carbocycles. The summed E-state index contributed by atoms with van der Waals surface area (Å²) in [4.78, 5) is 12.4. The van der Waals surface area contributed by atoms with E-state index in [9.17, 15) is 17.6 Å². The molecule has 1 amide bonds. The van der Waals surface area contributed by atoms with E-state index >= 15 is 0 Å². The van der Waals surface area contributed by atoms with Crippen LogP contribution in [0.15, 0.2) is 77.7 Å². The van der Waals surface area contributed by atoms with Crippen LogP contribution in [-0.2, 0) is 16.6 Å². The number of amides is 1. The lowest BCUT2D eigenvalue weighted by molar-refractivity contribution is 0.0950. The van der Waals surface area contributed by atoms with Gasteiger partial charge >= 0.3 is 0 Å². The van der Waals surface area contributed by atoms with Crippen LogP contribution in [0.4, 0.5) is 10.1 Å². The molecule has 0 atom stereocenters. The molecule has 5 nitrogen and oxygen atoms in total. The second kappa shape index (κ2) is 9.09. The minimum absolute atomic E-state index is 0.0549. The molecule has 7 heteroatoms. The normalized spacial score (nSPS) is 11.3. The van der Waals surface area contributed by atoms with Crippen molar-refractivity contribution in [2.75, 3.05) is 4.72 Å². The first-order valence-corrected chi connectivity index (χ1v) is 11.0. The average Bonchev–Trinajstić information content (AvgIpc) is 2.74. The molecule has 0 fully saturated rings. The van der Waals surface area contributed by atoms with Crippen molar-refractivity contribution in [3.05, 3.63) is 95.3 Å². The molecule has 3 rings (SSSR count). The molecule has 0 aliphatic carbocycles. The first-order valence-electron chi connectivity index (χ1n) is 9.50. The Balaban J connectivity index is 1.69. The van der Waals surface area contributed by atoms with Crippen LogP contribution in [-0.4, -0.2) is 14.3 Å². The Morgan fingerprint density at radius 1 is 0.967 bits per heavy atom. The average molecular weight is 427 g/mol. The van der Waals surface area contributed by atoms with E-state index in [1.807, 2.05) is 24.3 Å². The third kappa shape index (κ3) is 5.45. The maximum Gasteiger partial charge on any atom is 0.261 e. The van der Waals surface area contributed by atoms with Crippen LogP contribution < -0.4 is 10.0 Å². The highest BCUT2D eigenvalue weighted by Gasteiger charge is 2.16. The van der Waals surface area contributed by atoms with E-state index in [1.165, 1.54) is 35.9 Å². The van der Waals surface area contributed by atoms with Gasteiger partial charge in [0, 0.05) is 17.8 Å². The zero-order chi connectivity index (χ0) is 21.7. The Kier molecular flexibility index (Phi) is 6.52. The summed E-state index contributed by atoms with van der Waals surface area (Å²) in [6, 6.07) is 18.7. The summed E-state index contributed by atoms with van der Waals surface area (Å²) >= 11 is 0. The Bertz CT molecular complexity index is 1130. The molecule has 3 aromatic carbocycles. The third-order valence-corrected chi connectivity index (χ3v) is 5.98. The molecule has 0 radical (unpaired) electrons. The topological polar surface area (TPSA) is 75.3 Å². The number of nitrogens with one attached hydrogen (secondary N) is 2. The highest BCUT2D eigenvalue weighted by Crippen LogP contribution is 2.18. The fourth-order valence-corrected chi connectivity index (χ4v) is 3.95. The highest BCUT2D eigenvalue weighted by atomic mass is 32.2. The van der Waals surface area contributed by atoms with Crippen molar-refractivity contribution in [2.24, 2.45) is 0 Å². The maximum absolute atomic E-state index is 13.0. The van der Waals surface area contributed by atoms with Crippen molar-refractivity contribution in [3.8, 4) is 0 Å². The summed E-state index contributed by atoms with van der Waals surface area (Å²) in [6.07, 6.45) is 0. The second-order valence-corrected chi connectivity index (χ2v) is 8.90. The summed E-state index contributed by atoms with van der Waals surface area (Å²) in [7, 11) is -3.91. The quantitative estimate of drug-likeness (QED) is 0.576. The molecule has 30 heavy (non-hydrogen) atoms. The molecule has 0 unspecified atom stereocenters. The van der Waals surface area contributed by atoms with Gasteiger partial charge in [-0.3, -0.25) is 9.52 Å².